The van der Waals surface area contributed by atoms with Crippen molar-refractivity contribution >= 4 is 0 Å². The molecule has 1 aliphatic carbocycles. The summed E-state index contributed by atoms with van der Waals surface area (Å²) in [6, 6.07) is 8.13. The zero-order valence-corrected chi connectivity index (χ0v) is 14.3. The van der Waals surface area contributed by atoms with Gasteiger partial charge in [0.15, 0.2) is 0 Å². The molecular weight excluding hydrogens is 328 g/mol. The number of benzene rings is 1. The van der Waals surface area contributed by atoms with Crippen molar-refractivity contribution in [2.45, 2.75) is 30.4 Å². The Labute approximate surface area is 151 Å². The molecule has 0 unspecified atom stereocenters. The van der Waals surface area contributed by atoms with Crippen LogP contribution >= 0.6 is 0 Å². The molecular formula is C19H20N6O. The fraction of sp³-hybridized carbons (Fsp3) is 0.368. The third-order valence-electron chi connectivity index (χ3n) is 5.83. The first-order chi connectivity index (χ1) is 12.8. The van der Waals surface area contributed by atoms with E-state index in [0.717, 1.165) is 37.1 Å². The van der Waals surface area contributed by atoms with Crippen LogP contribution in [-0.2, 0) is 5.41 Å². The van der Waals surface area contributed by atoms with Crippen LogP contribution in [0.3, 0.4) is 0 Å². The Morgan fingerprint density at radius 3 is 2.69 bits per heavy atom. The van der Waals surface area contributed by atoms with E-state index in [1.54, 1.807) is 17.1 Å². The maximum atomic E-state index is 11.4. The summed E-state index contributed by atoms with van der Waals surface area (Å²) in [4.78, 5) is 8.09. The Balaban J connectivity index is 1.59. The highest BCUT2D eigenvalue weighted by Gasteiger charge is 2.52. The molecule has 7 nitrogen and oxygen atoms in total. The molecule has 2 aromatic heterocycles. The summed E-state index contributed by atoms with van der Waals surface area (Å²) in [5.74, 6) is 0. The van der Waals surface area contributed by atoms with Crippen molar-refractivity contribution in [3.05, 3.63) is 60.3 Å². The highest BCUT2D eigenvalue weighted by Crippen LogP contribution is 2.51. The highest BCUT2D eigenvalue weighted by atomic mass is 16.3. The zero-order chi connectivity index (χ0) is 17.6. The van der Waals surface area contributed by atoms with Crippen LogP contribution in [0.25, 0.3) is 11.3 Å². The molecule has 1 saturated heterocycles. The Kier molecular flexibility index (Phi) is 3.58. The Hall–Kier alpha value is -2.64. The lowest BCUT2D eigenvalue weighted by Gasteiger charge is -2.38. The minimum Gasteiger partial charge on any atom is -0.390 e. The van der Waals surface area contributed by atoms with Crippen LogP contribution in [0.4, 0.5) is 0 Å². The molecule has 0 saturated carbocycles. The normalized spacial score (nSPS) is 23.9. The molecule has 3 heterocycles. The number of piperidine rings is 1. The van der Waals surface area contributed by atoms with E-state index in [9.17, 15) is 5.11 Å². The van der Waals surface area contributed by atoms with E-state index < -0.39 is 6.10 Å². The summed E-state index contributed by atoms with van der Waals surface area (Å²) in [6.07, 6.45) is 8.13. The molecule has 2 N–H and O–H groups in total. The van der Waals surface area contributed by atoms with Crippen molar-refractivity contribution in [3.8, 4) is 11.3 Å². The molecule has 2 aliphatic rings. The maximum Gasteiger partial charge on any atom is 0.116 e. The molecule has 1 fully saturated rings. The van der Waals surface area contributed by atoms with Crippen LogP contribution in [0.5, 0.6) is 0 Å². The molecule has 2 atom stereocenters. The standard InChI is InChI=1S/C19H20N6O/c26-18-17(25-11-16(23-24-25)13-9-21-12-22-10-13)14-3-1-2-4-15(14)19(18)5-7-20-8-6-19/h1-4,9-12,17-18,20,26H,5-8H2/t17-,18+/m0/s1. The van der Waals surface area contributed by atoms with Crippen molar-refractivity contribution in [2.75, 3.05) is 13.1 Å². The lowest BCUT2D eigenvalue weighted by Crippen LogP contribution is -2.47. The molecule has 3 aromatic rings. The van der Waals surface area contributed by atoms with Crippen LogP contribution in [0.2, 0.25) is 0 Å². The van der Waals surface area contributed by atoms with Gasteiger partial charge in [-0.2, -0.15) is 0 Å². The summed E-state index contributed by atoms with van der Waals surface area (Å²) >= 11 is 0. The van der Waals surface area contributed by atoms with Crippen LogP contribution in [0.15, 0.2) is 49.2 Å². The highest BCUT2D eigenvalue weighted by molar-refractivity contribution is 5.55. The van der Waals surface area contributed by atoms with Crippen LogP contribution in [-0.4, -0.2) is 49.3 Å². The molecule has 0 radical (unpaired) electrons. The third-order valence-corrected chi connectivity index (χ3v) is 5.83. The van der Waals surface area contributed by atoms with Crippen LogP contribution in [0, 0.1) is 0 Å². The van der Waals surface area contributed by atoms with E-state index in [-0.39, 0.29) is 11.5 Å². The predicted molar refractivity (Wildman–Crippen MR) is 95.4 cm³/mol. The van der Waals surface area contributed by atoms with Crippen molar-refractivity contribution in [3.63, 3.8) is 0 Å². The Bertz CT molecular complexity index is 919. The number of aliphatic hydroxyl groups excluding tert-OH is 1. The number of nitrogens with one attached hydrogen (secondary N) is 1. The smallest absolute Gasteiger partial charge is 0.116 e. The molecule has 26 heavy (non-hydrogen) atoms. The van der Waals surface area contributed by atoms with Gasteiger partial charge in [-0.25, -0.2) is 14.6 Å². The van der Waals surface area contributed by atoms with E-state index >= 15 is 0 Å². The molecule has 1 spiro atoms. The zero-order valence-electron chi connectivity index (χ0n) is 14.3. The fourth-order valence-electron chi connectivity index (χ4n) is 4.54. The SMILES string of the molecule is O[C@@H]1[C@@H](n2cc(-c3cncnc3)nn2)c2ccccc2C12CCNCC2. The van der Waals surface area contributed by atoms with E-state index in [1.165, 1.54) is 11.9 Å². The first kappa shape index (κ1) is 15.6. The number of aromatic nitrogens is 5. The van der Waals surface area contributed by atoms with Crippen LogP contribution in [0.1, 0.15) is 30.0 Å². The number of fused-ring (bicyclic) bond motifs is 2. The van der Waals surface area contributed by atoms with Gasteiger partial charge in [0.25, 0.3) is 0 Å². The van der Waals surface area contributed by atoms with Gasteiger partial charge in [0.2, 0.25) is 0 Å². The van der Waals surface area contributed by atoms with Crippen molar-refractivity contribution < 1.29 is 5.11 Å². The topological polar surface area (TPSA) is 88.8 Å². The largest absolute Gasteiger partial charge is 0.390 e. The average Bonchev–Trinajstić information content (AvgIpc) is 3.27. The van der Waals surface area contributed by atoms with Crippen molar-refractivity contribution in [1.29, 1.82) is 0 Å². The van der Waals surface area contributed by atoms with Gasteiger partial charge >= 0.3 is 0 Å². The second kappa shape index (κ2) is 5.96. The molecule has 1 aliphatic heterocycles. The number of hydrogen-bond donors (Lipinski definition) is 2. The quantitative estimate of drug-likeness (QED) is 0.726. The van der Waals surface area contributed by atoms with E-state index in [1.807, 2.05) is 12.3 Å². The summed E-state index contributed by atoms with van der Waals surface area (Å²) in [5.41, 5.74) is 3.70. The van der Waals surface area contributed by atoms with Gasteiger partial charge in [-0.1, -0.05) is 29.5 Å². The van der Waals surface area contributed by atoms with Gasteiger partial charge in [-0.3, -0.25) is 0 Å². The van der Waals surface area contributed by atoms with E-state index in [2.05, 4.69) is 43.8 Å². The maximum absolute atomic E-state index is 11.4. The first-order valence-electron chi connectivity index (χ1n) is 8.95. The first-order valence-corrected chi connectivity index (χ1v) is 8.95. The minimum absolute atomic E-state index is 0.214. The molecule has 7 heteroatoms. The summed E-state index contributed by atoms with van der Waals surface area (Å²) < 4.78 is 1.79. The fourth-order valence-corrected chi connectivity index (χ4v) is 4.54. The summed E-state index contributed by atoms with van der Waals surface area (Å²) in [5, 5.41) is 23.4. The van der Waals surface area contributed by atoms with Gasteiger partial charge in [0.1, 0.15) is 18.1 Å². The number of nitrogens with zero attached hydrogens (tertiary/aromatic N) is 5. The Morgan fingerprint density at radius 1 is 1.12 bits per heavy atom. The molecule has 5 rings (SSSR count). The monoisotopic (exact) mass is 348 g/mol. The number of rotatable bonds is 2. The second-order valence-corrected chi connectivity index (χ2v) is 7.09. The number of aliphatic hydroxyl groups is 1. The lowest BCUT2D eigenvalue weighted by molar-refractivity contribution is 0.0421. The summed E-state index contributed by atoms with van der Waals surface area (Å²) in [7, 11) is 0. The van der Waals surface area contributed by atoms with Gasteiger partial charge in [0, 0.05) is 23.4 Å². The number of hydrogen-bond acceptors (Lipinski definition) is 6. The van der Waals surface area contributed by atoms with Gasteiger partial charge in [-0.15, -0.1) is 5.10 Å². The Morgan fingerprint density at radius 2 is 1.88 bits per heavy atom. The molecule has 0 amide bonds. The average molecular weight is 348 g/mol. The van der Waals surface area contributed by atoms with E-state index in [4.69, 9.17) is 0 Å². The molecule has 132 valence electrons. The van der Waals surface area contributed by atoms with Crippen molar-refractivity contribution in [1.82, 2.24) is 30.3 Å². The van der Waals surface area contributed by atoms with Crippen molar-refractivity contribution in [2.24, 2.45) is 0 Å². The lowest BCUT2D eigenvalue weighted by atomic mass is 9.72. The second-order valence-electron chi connectivity index (χ2n) is 7.09. The minimum atomic E-state index is -0.524. The summed E-state index contributed by atoms with van der Waals surface area (Å²) in [6.45, 7) is 1.84. The van der Waals surface area contributed by atoms with Gasteiger partial charge < -0.3 is 10.4 Å². The van der Waals surface area contributed by atoms with Crippen LogP contribution < -0.4 is 5.32 Å². The van der Waals surface area contributed by atoms with E-state index in [0.29, 0.717) is 5.69 Å². The van der Waals surface area contributed by atoms with Gasteiger partial charge in [-0.05, 0) is 37.1 Å². The van der Waals surface area contributed by atoms with Gasteiger partial charge in [0.05, 0.1) is 12.3 Å². The molecule has 0 bridgehead atoms. The predicted octanol–water partition coefficient (Wildman–Crippen LogP) is 1.32. The molecule has 1 aromatic carbocycles. The third kappa shape index (κ3) is 2.21.